The maximum absolute atomic E-state index is 16.1. The van der Waals surface area contributed by atoms with E-state index in [1.54, 1.807) is 6.92 Å². The second-order valence-corrected chi connectivity index (χ2v) is 8.66. The predicted octanol–water partition coefficient (Wildman–Crippen LogP) is 3.58. The number of aliphatic imine (C=N–C) groups is 1. The molecule has 0 spiro atoms. The number of fused-ring (bicyclic) bond motifs is 1. The van der Waals surface area contributed by atoms with Gasteiger partial charge in [-0.2, -0.15) is 0 Å². The average molecular weight is 469 g/mol. The standard InChI is InChI=1S/C20H19F4N5O2S/c1-10-5-19(24)9-32-18(25)29-20(19,8-31-10)12-4-11(2-3-13(12)21)28-17(30)15-7-26-14(6-27-15)16(22)23/h2-4,6-7,10,16H,5,8-9H2,1H3,(H2,25,29)(H,28,30)/t10-,19+,20+/m0/s1. The Morgan fingerprint density at radius 2 is 2.12 bits per heavy atom. The Bertz CT molecular complexity index is 1070. The summed E-state index contributed by atoms with van der Waals surface area (Å²) < 4.78 is 62.0. The Kier molecular flexibility index (Phi) is 5.84. The van der Waals surface area contributed by atoms with Crippen molar-refractivity contribution in [3.63, 3.8) is 0 Å². The summed E-state index contributed by atoms with van der Waals surface area (Å²) in [6.45, 7) is 1.51. The number of alkyl halides is 3. The molecule has 1 aromatic heterocycles. The molecule has 2 aliphatic rings. The molecule has 2 aliphatic heterocycles. The van der Waals surface area contributed by atoms with Gasteiger partial charge in [-0.1, -0.05) is 11.8 Å². The lowest BCUT2D eigenvalue weighted by atomic mass is 9.72. The molecule has 32 heavy (non-hydrogen) atoms. The number of amides is 1. The molecule has 1 fully saturated rings. The van der Waals surface area contributed by atoms with E-state index in [-0.39, 0.29) is 47.0 Å². The van der Waals surface area contributed by atoms with Crippen molar-refractivity contribution in [1.29, 1.82) is 0 Å². The first kappa shape index (κ1) is 22.5. The zero-order valence-electron chi connectivity index (χ0n) is 16.8. The third kappa shape index (κ3) is 3.92. The quantitative estimate of drug-likeness (QED) is 0.664. The molecule has 0 bridgehead atoms. The van der Waals surface area contributed by atoms with Gasteiger partial charge in [-0.15, -0.1) is 0 Å². The Balaban J connectivity index is 1.68. The van der Waals surface area contributed by atoms with E-state index in [9.17, 15) is 18.0 Å². The lowest BCUT2D eigenvalue weighted by Gasteiger charge is -2.49. The van der Waals surface area contributed by atoms with Crippen LogP contribution in [0, 0.1) is 5.82 Å². The summed E-state index contributed by atoms with van der Waals surface area (Å²) >= 11 is 1.06. The highest BCUT2D eigenvalue weighted by Gasteiger charge is 2.60. The SMILES string of the molecule is C[C@H]1C[C@@]2(F)CSC(N)=N[C@@]2(c2cc(NC(=O)c3cnc(C(F)F)cn3)ccc2F)CO1. The smallest absolute Gasteiger partial charge is 0.281 e. The highest BCUT2D eigenvalue weighted by molar-refractivity contribution is 8.13. The third-order valence-corrected chi connectivity index (χ3v) is 6.47. The van der Waals surface area contributed by atoms with Crippen molar-refractivity contribution in [1.82, 2.24) is 9.97 Å². The molecule has 3 atom stereocenters. The van der Waals surface area contributed by atoms with Crippen LogP contribution in [-0.2, 0) is 10.3 Å². The van der Waals surface area contributed by atoms with Gasteiger partial charge in [0, 0.05) is 23.4 Å². The first-order valence-corrected chi connectivity index (χ1v) is 10.6. The van der Waals surface area contributed by atoms with Gasteiger partial charge in [-0.05, 0) is 25.1 Å². The summed E-state index contributed by atoms with van der Waals surface area (Å²) in [4.78, 5) is 23.9. The number of carbonyl (C=O) groups excluding carboxylic acids is 1. The minimum Gasteiger partial charge on any atom is -0.379 e. The van der Waals surface area contributed by atoms with E-state index in [0.717, 1.165) is 30.2 Å². The van der Waals surface area contributed by atoms with Crippen LogP contribution in [0.4, 0.5) is 23.2 Å². The molecule has 0 radical (unpaired) electrons. The number of thioether (sulfide) groups is 1. The molecule has 2 aromatic rings. The minimum atomic E-state index is -2.82. The second kappa shape index (κ2) is 8.32. The Morgan fingerprint density at radius 3 is 2.81 bits per heavy atom. The molecule has 4 rings (SSSR count). The second-order valence-electron chi connectivity index (χ2n) is 7.67. The molecule has 12 heteroatoms. The maximum Gasteiger partial charge on any atom is 0.281 e. The highest BCUT2D eigenvalue weighted by atomic mass is 32.2. The Labute approximate surface area is 184 Å². The van der Waals surface area contributed by atoms with Crippen molar-refractivity contribution in [3.05, 3.63) is 53.4 Å². The van der Waals surface area contributed by atoms with Crippen molar-refractivity contribution >= 4 is 28.5 Å². The number of halogens is 4. The summed E-state index contributed by atoms with van der Waals surface area (Å²) in [5.41, 5.74) is 1.48. The average Bonchev–Trinajstić information content (AvgIpc) is 2.75. The number of rotatable bonds is 4. The van der Waals surface area contributed by atoms with Gasteiger partial charge in [0.15, 0.2) is 10.8 Å². The number of anilines is 1. The topological polar surface area (TPSA) is 102 Å². The number of hydrogen-bond donors (Lipinski definition) is 2. The largest absolute Gasteiger partial charge is 0.379 e. The van der Waals surface area contributed by atoms with Crippen LogP contribution >= 0.6 is 11.8 Å². The fraction of sp³-hybridized carbons (Fsp3) is 0.400. The van der Waals surface area contributed by atoms with Gasteiger partial charge in [0.25, 0.3) is 12.3 Å². The summed E-state index contributed by atoms with van der Waals surface area (Å²) in [7, 11) is 0. The van der Waals surface area contributed by atoms with Crippen LogP contribution in [0.1, 0.15) is 41.5 Å². The van der Waals surface area contributed by atoms with Crippen molar-refractivity contribution in [2.75, 3.05) is 17.7 Å². The zero-order chi connectivity index (χ0) is 23.1. The molecular formula is C20H19F4N5O2S. The molecular weight excluding hydrogens is 450 g/mol. The fourth-order valence-corrected chi connectivity index (χ4v) is 4.81. The molecule has 1 aromatic carbocycles. The fourth-order valence-electron chi connectivity index (χ4n) is 3.86. The monoisotopic (exact) mass is 469 g/mol. The van der Waals surface area contributed by atoms with Crippen LogP contribution in [-0.4, -0.2) is 45.2 Å². The number of hydrogen-bond acceptors (Lipinski definition) is 7. The van der Waals surface area contributed by atoms with E-state index in [2.05, 4.69) is 20.3 Å². The van der Waals surface area contributed by atoms with Gasteiger partial charge in [0.1, 0.15) is 22.7 Å². The molecule has 3 N–H and O–H groups in total. The van der Waals surface area contributed by atoms with E-state index in [4.69, 9.17) is 10.5 Å². The number of ether oxygens (including phenoxy) is 1. The number of benzene rings is 1. The van der Waals surface area contributed by atoms with Crippen LogP contribution in [0.25, 0.3) is 0 Å². The number of nitrogens with zero attached hydrogens (tertiary/aromatic N) is 3. The van der Waals surface area contributed by atoms with E-state index in [0.29, 0.717) is 0 Å². The van der Waals surface area contributed by atoms with Crippen molar-refractivity contribution < 1.29 is 27.1 Å². The molecule has 0 saturated carbocycles. The number of nitrogens with one attached hydrogen (secondary N) is 1. The van der Waals surface area contributed by atoms with Crippen LogP contribution in [0.15, 0.2) is 35.6 Å². The summed E-state index contributed by atoms with van der Waals surface area (Å²) in [6.07, 6.45) is -1.50. The molecule has 170 valence electrons. The van der Waals surface area contributed by atoms with Crippen LogP contribution < -0.4 is 11.1 Å². The molecule has 7 nitrogen and oxygen atoms in total. The summed E-state index contributed by atoms with van der Waals surface area (Å²) in [5.74, 6) is -1.50. The predicted molar refractivity (Wildman–Crippen MR) is 111 cm³/mol. The lowest BCUT2D eigenvalue weighted by Crippen LogP contribution is -2.60. The number of nitrogens with two attached hydrogens (primary N) is 1. The number of amidine groups is 1. The third-order valence-electron chi connectivity index (χ3n) is 5.48. The van der Waals surface area contributed by atoms with Crippen molar-refractivity contribution in [2.24, 2.45) is 10.7 Å². The summed E-state index contributed by atoms with van der Waals surface area (Å²) in [6, 6.07) is 3.64. The molecule has 1 amide bonds. The van der Waals surface area contributed by atoms with Crippen LogP contribution in [0.2, 0.25) is 0 Å². The summed E-state index contributed by atoms with van der Waals surface area (Å²) in [5, 5.41) is 2.61. The van der Waals surface area contributed by atoms with E-state index in [1.165, 1.54) is 12.1 Å². The van der Waals surface area contributed by atoms with Crippen LogP contribution in [0.5, 0.6) is 0 Å². The number of aromatic nitrogens is 2. The first-order valence-electron chi connectivity index (χ1n) is 9.64. The Hall–Kier alpha value is -2.73. The van der Waals surface area contributed by atoms with Gasteiger partial charge in [0.2, 0.25) is 0 Å². The van der Waals surface area contributed by atoms with Gasteiger partial charge in [-0.25, -0.2) is 27.5 Å². The normalized spacial score (nSPS) is 27.6. The van der Waals surface area contributed by atoms with Gasteiger partial charge < -0.3 is 15.8 Å². The lowest BCUT2D eigenvalue weighted by molar-refractivity contribution is -0.107. The highest BCUT2D eigenvalue weighted by Crippen LogP contribution is 2.52. The zero-order valence-corrected chi connectivity index (χ0v) is 17.6. The van der Waals surface area contributed by atoms with E-state index in [1.807, 2.05) is 0 Å². The molecule has 1 saturated heterocycles. The molecule has 0 aliphatic carbocycles. The number of carbonyl (C=O) groups is 1. The van der Waals surface area contributed by atoms with Gasteiger partial charge in [0.05, 0.1) is 25.1 Å². The molecule has 3 heterocycles. The van der Waals surface area contributed by atoms with Crippen LogP contribution in [0.3, 0.4) is 0 Å². The Morgan fingerprint density at radius 1 is 1.34 bits per heavy atom. The maximum atomic E-state index is 16.1. The van der Waals surface area contributed by atoms with Gasteiger partial charge in [-0.3, -0.25) is 9.78 Å². The first-order chi connectivity index (χ1) is 15.1. The van der Waals surface area contributed by atoms with E-state index >= 15 is 4.39 Å². The minimum absolute atomic E-state index is 0.00111. The van der Waals surface area contributed by atoms with Crippen molar-refractivity contribution in [3.8, 4) is 0 Å². The van der Waals surface area contributed by atoms with Gasteiger partial charge >= 0.3 is 0 Å². The molecule has 0 unspecified atom stereocenters. The van der Waals surface area contributed by atoms with Crippen molar-refractivity contribution in [2.45, 2.75) is 37.1 Å². The van der Waals surface area contributed by atoms with E-state index < -0.39 is 35.1 Å².